The third-order valence-electron chi connectivity index (χ3n) is 5.79. The predicted octanol–water partition coefficient (Wildman–Crippen LogP) is 4.40. The summed E-state index contributed by atoms with van der Waals surface area (Å²) in [6.07, 6.45) is 3.99. The maximum atomic E-state index is 9.83. The number of ether oxygens (including phenoxy) is 2. The second-order valence-corrected chi connectivity index (χ2v) is 8.64. The van der Waals surface area contributed by atoms with Gasteiger partial charge in [-0.2, -0.15) is 5.10 Å². The van der Waals surface area contributed by atoms with Gasteiger partial charge in [0.1, 0.15) is 5.75 Å². The van der Waals surface area contributed by atoms with Crippen LogP contribution in [0.25, 0.3) is 5.69 Å². The van der Waals surface area contributed by atoms with Crippen molar-refractivity contribution in [1.29, 1.82) is 0 Å². The number of nitrogens with zero attached hydrogens (tertiary/aromatic N) is 2. The van der Waals surface area contributed by atoms with Gasteiger partial charge in [-0.3, -0.25) is 0 Å². The molecule has 6 heteroatoms. The molecule has 0 spiro atoms. The van der Waals surface area contributed by atoms with Crippen molar-refractivity contribution in [2.75, 3.05) is 14.2 Å². The standard InChI is InChI=1S/C24H29N3O3/c1-24(2)12-20(25-14-16-5-10-22(28)23(11-16)30-4)19-15-26-27(21(19)13-24)17-6-8-18(29-3)9-7-17/h5-11,15,20,25,28H,12-14H2,1-4H3. The van der Waals surface area contributed by atoms with Crippen molar-refractivity contribution >= 4 is 0 Å². The monoisotopic (exact) mass is 407 g/mol. The number of benzene rings is 2. The molecule has 4 rings (SSSR count). The summed E-state index contributed by atoms with van der Waals surface area (Å²) in [5.41, 5.74) is 4.75. The third-order valence-corrected chi connectivity index (χ3v) is 5.79. The summed E-state index contributed by atoms with van der Waals surface area (Å²) in [4.78, 5) is 0. The summed E-state index contributed by atoms with van der Waals surface area (Å²) in [6.45, 7) is 5.30. The zero-order valence-corrected chi connectivity index (χ0v) is 18.0. The fourth-order valence-electron chi connectivity index (χ4n) is 4.24. The van der Waals surface area contributed by atoms with E-state index in [0.717, 1.165) is 29.8 Å². The molecule has 0 saturated carbocycles. The molecule has 0 radical (unpaired) electrons. The Kier molecular flexibility index (Phi) is 5.43. The summed E-state index contributed by atoms with van der Waals surface area (Å²) in [5.74, 6) is 1.48. The zero-order chi connectivity index (χ0) is 21.3. The number of hydrogen-bond donors (Lipinski definition) is 2. The van der Waals surface area contributed by atoms with Crippen molar-refractivity contribution < 1.29 is 14.6 Å². The number of rotatable bonds is 6. The zero-order valence-electron chi connectivity index (χ0n) is 18.0. The minimum absolute atomic E-state index is 0.154. The van der Waals surface area contributed by atoms with Gasteiger partial charge in [0, 0.05) is 23.8 Å². The van der Waals surface area contributed by atoms with E-state index in [4.69, 9.17) is 14.6 Å². The molecule has 1 atom stereocenters. The largest absolute Gasteiger partial charge is 0.504 e. The van der Waals surface area contributed by atoms with Crippen molar-refractivity contribution in [3.63, 3.8) is 0 Å². The second kappa shape index (κ2) is 8.03. The highest BCUT2D eigenvalue weighted by Gasteiger charge is 2.35. The van der Waals surface area contributed by atoms with E-state index < -0.39 is 0 Å². The van der Waals surface area contributed by atoms with Gasteiger partial charge < -0.3 is 19.9 Å². The van der Waals surface area contributed by atoms with Gasteiger partial charge in [-0.25, -0.2) is 4.68 Å². The topological polar surface area (TPSA) is 68.5 Å². The maximum absolute atomic E-state index is 9.83. The quantitative estimate of drug-likeness (QED) is 0.634. The van der Waals surface area contributed by atoms with Crippen LogP contribution in [0.1, 0.15) is 43.1 Å². The molecule has 6 nitrogen and oxygen atoms in total. The van der Waals surface area contributed by atoms with Crippen LogP contribution in [0.2, 0.25) is 0 Å². The molecule has 1 aliphatic rings. The Bertz CT molecular complexity index is 1020. The van der Waals surface area contributed by atoms with Crippen LogP contribution in [0.3, 0.4) is 0 Å². The smallest absolute Gasteiger partial charge is 0.160 e. The second-order valence-electron chi connectivity index (χ2n) is 8.64. The molecule has 2 aromatic carbocycles. The highest BCUT2D eigenvalue weighted by atomic mass is 16.5. The lowest BCUT2D eigenvalue weighted by Crippen LogP contribution is -2.33. The minimum atomic E-state index is 0.154. The molecule has 30 heavy (non-hydrogen) atoms. The predicted molar refractivity (Wildman–Crippen MR) is 116 cm³/mol. The first-order valence-corrected chi connectivity index (χ1v) is 10.2. The Morgan fingerprint density at radius 1 is 1.13 bits per heavy atom. The molecule has 0 amide bonds. The summed E-state index contributed by atoms with van der Waals surface area (Å²) >= 11 is 0. The highest BCUT2D eigenvalue weighted by Crippen LogP contribution is 2.41. The normalized spacial score (nSPS) is 17.4. The SMILES string of the molecule is COc1ccc(-n2ncc3c2CC(C)(C)CC3NCc2ccc(O)c(OC)c2)cc1. The number of hydrogen-bond acceptors (Lipinski definition) is 5. The molecule has 1 heterocycles. The molecule has 158 valence electrons. The lowest BCUT2D eigenvalue weighted by molar-refractivity contribution is 0.252. The van der Waals surface area contributed by atoms with Crippen molar-refractivity contribution in [2.45, 2.75) is 39.3 Å². The summed E-state index contributed by atoms with van der Waals surface area (Å²) < 4.78 is 12.6. The number of nitrogens with one attached hydrogen (secondary N) is 1. The van der Waals surface area contributed by atoms with Crippen LogP contribution >= 0.6 is 0 Å². The van der Waals surface area contributed by atoms with Crippen LogP contribution in [-0.4, -0.2) is 29.1 Å². The number of aromatic hydroxyl groups is 1. The molecule has 2 N–H and O–H groups in total. The highest BCUT2D eigenvalue weighted by molar-refractivity contribution is 5.43. The fourth-order valence-corrected chi connectivity index (χ4v) is 4.24. The van der Waals surface area contributed by atoms with Gasteiger partial charge in [0.15, 0.2) is 11.5 Å². The van der Waals surface area contributed by atoms with Gasteiger partial charge in [-0.1, -0.05) is 19.9 Å². The molecule has 1 unspecified atom stereocenters. The lowest BCUT2D eigenvalue weighted by atomic mass is 9.74. The first-order valence-electron chi connectivity index (χ1n) is 10.2. The van der Waals surface area contributed by atoms with Crippen LogP contribution in [0, 0.1) is 5.41 Å². The number of methoxy groups -OCH3 is 2. The minimum Gasteiger partial charge on any atom is -0.504 e. The number of aromatic nitrogens is 2. The Hall–Kier alpha value is -2.99. The molecule has 0 fully saturated rings. The van der Waals surface area contributed by atoms with Gasteiger partial charge in [0.05, 0.1) is 26.1 Å². The van der Waals surface area contributed by atoms with E-state index >= 15 is 0 Å². The van der Waals surface area contributed by atoms with E-state index in [1.54, 1.807) is 20.3 Å². The van der Waals surface area contributed by atoms with Crippen LogP contribution in [-0.2, 0) is 13.0 Å². The Morgan fingerprint density at radius 2 is 1.90 bits per heavy atom. The molecule has 3 aromatic rings. The van der Waals surface area contributed by atoms with E-state index in [1.165, 1.54) is 11.3 Å². The van der Waals surface area contributed by atoms with Crippen LogP contribution in [0.5, 0.6) is 17.2 Å². The summed E-state index contributed by atoms with van der Waals surface area (Å²) in [7, 11) is 3.24. The molecule has 0 aliphatic heterocycles. The number of phenols is 1. The Balaban J connectivity index is 1.60. The molecule has 1 aromatic heterocycles. The van der Waals surface area contributed by atoms with Crippen molar-refractivity contribution in [3.05, 3.63) is 65.5 Å². The van der Waals surface area contributed by atoms with E-state index in [-0.39, 0.29) is 17.2 Å². The number of phenolic OH excluding ortho intramolecular Hbond substituents is 1. The lowest BCUT2D eigenvalue weighted by Gasteiger charge is -2.36. The van der Waals surface area contributed by atoms with Gasteiger partial charge in [0.2, 0.25) is 0 Å². The number of fused-ring (bicyclic) bond motifs is 1. The summed E-state index contributed by atoms with van der Waals surface area (Å²) in [6, 6.07) is 13.7. The molecule has 1 aliphatic carbocycles. The molecule has 0 saturated heterocycles. The van der Waals surface area contributed by atoms with Gasteiger partial charge in [-0.05, 0) is 60.2 Å². The van der Waals surface area contributed by atoms with E-state index in [1.807, 2.05) is 47.3 Å². The van der Waals surface area contributed by atoms with Crippen LogP contribution in [0.15, 0.2) is 48.7 Å². The van der Waals surface area contributed by atoms with Crippen molar-refractivity contribution in [2.24, 2.45) is 5.41 Å². The fraction of sp³-hybridized carbons (Fsp3) is 0.375. The van der Waals surface area contributed by atoms with Crippen LogP contribution in [0.4, 0.5) is 0 Å². The Morgan fingerprint density at radius 3 is 2.60 bits per heavy atom. The molecular weight excluding hydrogens is 378 g/mol. The van der Waals surface area contributed by atoms with E-state index in [2.05, 4.69) is 19.2 Å². The third kappa shape index (κ3) is 4.00. The van der Waals surface area contributed by atoms with Crippen molar-refractivity contribution in [3.8, 4) is 22.9 Å². The maximum Gasteiger partial charge on any atom is 0.160 e. The first kappa shape index (κ1) is 20.3. The van der Waals surface area contributed by atoms with Gasteiger partial charge >= 0.3 is 0 Å². The van der Waals surface area contributed by atoms with E-state index in [9.17, 15) is 5.11 Å². The molecular formula is C24H29N3O3. The average molecular weight is 408 g/mol. The average Bonchev–Trinajstić information content (AvgIpc) is 3.15. The van der Waals surface area contributed by atoms with Crippen LogP contribution < -0.4 is 14.8 Å². The Labute approximate surface area is 177 Å². The van der Waals surface area contributed by atoms with Gasteiger partial charge in [0.25, 0.3) is 0 Å². The first-order chi connectivity index (χ1) is 14.4. The van der Waals surface area contributed by atoms with Gasteiger partial charge in [-0.15, -0.1) is 0 Å². The van der Waals surface area contributed by atoms with Crippen molar-refractivity contribution in [1.82, 2.24) is 15.1 Å². The molecule has 0 bridgehead atoms. The summed E-state index contributed by atoms with van der Waals surface area (Å²) in [5, 5.41) is 18.2. The van der Waals surface area contributed by atoms with E-state index in [0.29, 0.717) is 12.3 Å².